The fourth-order valence-electron chi connectivity index (χ4n) is 4.05. The highest BCUT2D eigenvalue weighted by Crippen LogP contribution is 2.16. The van der Waals surface area contributed by atoms with Gasteiger partial charge in [0.05, 0.1) is 6.04 Å². The second-order valence-corrected chi connectivity index (χ2v) is 7.67. The lowest BCUT2D eigenvalue weighted by molar-refractivity contribution is -0.126. The average Bonchev–Trinajstić information content (AvgIpc) is 2.93. The Morgan fingerprint density at radius 3 is 2.32 bits per heavy atom. The van der Waals surface area contributed by atoms with Gasteiger partial charge in [-0.05, 0) is 51.3 Å². The number of piperidine rings is 1. The molecule has 2 heterocycles. The molecule has 2 aliphatic rings. The summed E-state index contributed by atoms with van der Waals surface area (Å²) in [5, 5.41) is 3.31. The van der Waals surface area contributed by atoms with Crippen molar-refractivity contribution in [3.63, 3.8) is 0 Å². The van der Waals surface area contributed by atoms with Crippen LogP contribution in [0.5, 0.6) is 0 Å². The lowest BCUT2D eigenvalue weighted by Crippen LogP contribution is -2.51. The summed E-state index contributed by atoms with van der Waals surface area (Å²) in [7, 11) is 0. The Labute approximate surface area is 152 Å². The third kappa shape index (κ3) is 5.55. The van der Waals surface area contributed by atoms with Crippen molar-refractivity contribution in [2.75, 3.05) is 26.2 Å². The Morgan fingerprint density at radius 2 is 1.68 bits per heavy atom. The normalized spacial score (nSPS) is 22.3. The molecular formula is C21H33N3O. The zero-order valence-electron chi connectivity index (χ0n) is 15.6. The number of nitrogens with one attached hydrogen (secondary N) is 1. The minimum Gasteiger partial charge on any atom is -0.352 e. The molecule has 1 amide bonds. The van der Waals surface area contributed by atoms with Gasteiger partial charge in [0.25, 0.3) is 0 Å². The summed E-state index contributed by atoms with van der Waals surface area (Å²) in [5.74, 6) is 0.225. The molecule has 3 rings (SSSR count). The first kappa shape index (κ1) is 18.4. The molecule has 2 aliphatic heterocycles. The highest BCUT2D eigenvalue weighted by Gasteiger charge is 2.26. The predicted molar refractivity (Wildman–Crippen MR) is 102 cm³/mol. The van der Waals surface area contributed by atoms with E-state index in [4.69, 9.17) is 0 Å². The van der Waals surface area contributed by atoms with E-state index in [-0.39, 0.29) is 11.9 Å². The van der Waals surface area contributed by atoms with Gasteiger partial charge in [0.2, 0.25) is 5.91 Å². The summed E-state index contributed by atoms with van der Waals surface area (Å²) in [6.07, 6.45) is 7.21. The third-order valence-electron chi connectivity index (χ3n) is 5.75. The molecule has 0 aromatic heterocycles. The molecule has 1 N–H and O–H groups in total. The van der Waals surface area contributed by atoms with Crippen LogP contribution >= 0.6 is 0 Å². The van der Waals surface area contributed by atoms with Gasteiger partial charge in [0, 0.05) is 25.7 Å². The molecule has 0 saturated carbocycles. The van der Waals surface area contributed by atoms with E-state index in [1.54, 1.807) is 0 Å². The van der Waals surface area contributed by atoms with E-state index in [9.17, 15) is 4.79 Å². The largest absolute Gasteiger partial charge is 0.352 e. The molecule has 2 saturated heterocycles. The lowest BCUT2D eigenvalue weighted by atomic mass is 10.0. The Kier molecular flexibility index (Phi) is 6.88. The van der Waals surface area contributed by atoms with Crippen molar-refractivity contribution in [2.45, 2.75) is 64.1 Å². The number of benzene rings is 1. The van der Waals surface area contributed by atoms with Gasteiger partial charge in [-0.25, -0.2) is 0 Å². The summed E-state index contributed by atoms with van der Waals surface area (Å²) in [5.41, 5.74) is 1.37. The van der Waals surface area contributed by atoms with Crippen LogP contribution in [0.2, 0.25) is 0 Å². The first-order valence-corrected chi connectivity index (χ1v) is 10.0. The molecule has 0 unspecified atom stereocenters. The summed E-state index contributed by atoms with van der Waals surface area (Å²) >= 11 is 0. The van der Waals surface area contributed by atoms with Gasteiger partial charge in [-0.3, -0.25) is 14.6 Å². The molecule has 1 aromatic rings. The minimum absolute atomic E-state index is 0.0143. The fourth-order valence-corrected chi connectivity index (χ4v) is 4.05. The number of carbonyl (C=O) groups excluding carboxylic acids is 1. The Bertz CT molecular complexity index is 517. The number of amides is 1. The average molecular weight is 344 g/mol. The van der Waals surface area contributed by atoms with Crippen molar-refractivity contribution >= 4 is 5.91 Å². The van der Waals surface area contributed by atoms with E-state index in [1.165, 1.54) is 31.2 Å². The lowest BCUT2D eigenvalue weighted by Gasteiger charge is -2.34. The van der Waals surface area contributed by atoms with Crippen molar-refractivity contribution in [3.05, 3.63) is 35.9 Å². The third-order valence-corrected chi connectivity index (χ3v) is 5.75. The molecule has 0 aliphatic carbocycles. The van der Waals surface area contributed by atoms with Crippen LogP contribution in [-0.4, -0.2) is 54.0 Å². The zero-order valence-corrected chi connectivity index (χ0v) is 15.6. The van der Waals surface area contributed by atoms with E-state index < -0.39 is 0 Å². The van der Waals surface area contributed by atoms with Gasteiger partial charge in [-0.2, -0.15) is 0 Å². The molecule has 0 spiro atoms. The highest BCUT2D eigenvalue weighted by molar-refractivity contribution is 5.81. The quantitative estimate of drug-likeness (QED) is 0.893. The van der Waals surface area contributed by atoms with Crippen LogP contribution in [-0.2, 0) is 11.3 Å². The maximum Gasteiger partial charge on any atom is 0.237 e. The first-order valence-electron chi connectivity index (χ1n) is 10.0. The van der Waals surface area contributed by atoms with Crippen LogP contribution in [0.3, 0.4) is 0 Å². The second-order valence-electron chi connectivity index (χ2n) is 7.67. The molecule has 0 radical (unpaired) electrons. The van der Waals surface area contributed by atoms with Gasteiger partial charge >= 0.3 is 0 Å². The predicted octanol–water partition coefficient (Wildman–Crippen LogP) is 3.03. The molecular weight excluding hydrogens is 310 g/mol. The maximum absolute atomic E-state index is 12.6. The van der Waals surface area contributed by atoms with Gasteiger partial charge in [-0.1, -0.05) is 43.2 Å². The summed E-state index contributed by atoms with van der Waals surface area (Å²) in [6, 6.07) is 11.0. The van der Waals surface area contributed by atoms with Crippen molar-refractivity contribution in [3.8, 4) is 0 Å². The highest BCUT2D eigenvalue weighted by atomic mass is 16.2. The summed E-state index contributed by atoms with van der Waals surface area (Å²) < 4.78 is 0. The van der Waals surface area contributed by atoms with Crippen LogP contribution < -0.4 is 5.32 Å². The van der Waals surface area contributed by atoms with Crippen molar-refractivity contribution in [2.24, 2.45) is 0 Å². The second kappa shape index (κ2) is 9.35. The summed E-state index contributed by atoms with van der Waals surface area (Å²) in [4.78, 5) is 17.5. The fraction of sp³-hybridized carbons (Fsp3) is 0.667. The number of hydrogen-bond donors (Lipinski definition) is 1. The van der Waals surface area contributed by atoms with Crippen molar-refractivity contribution < 1.29 is 4.79 Å². The molecule has 1 aromatic carbocycles. The Balaban J connectivity index is 1.41. The van der Waals surface area contributed by atoms with Gasteiger partial charge < -0.3 is 5.32 Å². The Hall–Kier alpha value is -1.39. The molecule has 1 atom stereocenters. The standard InChI is InChI=1S/C21H33N3O/c1-18(24-13-7-2-3-8-14-24)21(25)22-20-11-15-23(16-12-20)17-19-9-5-4-6-10-19/h4-6,9-10,18,20H,2-3,7-8,11-17H2,1H3,(H,22,25)/t18-/m0/s1. The minimum atomic E-state index is 0.0143. The van der Waals surface area contributed by atoms with Crippen LogP contribution in [0, 0.1) is 0 Å². The van der Waals surface area contributed by atoms with Crippen LogP contribution in [0.4, 0.5) is 0 Å². The molecule has 4 nitrogen and oxygen atoms in total. The van der Waals surface area contributed by atoms with Crippen molar-refractivity contribution in [1.82, 2.24) is 15.1 Å². The topological polar surface area (TPSA) is 35.6 Å². The molecule has 2 fully saturated rings. The number of carbonyl (C=O) groups is 1. The van der Waals surface area contributed by atoms with Crippen LogP contribution in [0.25, 0.3) is 0 Å². The maximum atomic E-state index is 12.6. The van der Waals surface area contributed by atoms with E-state index in [0.717, 1.165) is 45.6 Å². The SMILES string of the molecule is C[C@@H](C(=O)NC1CCN(Cc2ccccc2)CC1)N1CCCCCC1. The monoisotopic (exact) mass is 343 g/mol. The van der Waals surface area contributed by atoms with E-state index in [2.05, 4.69) is 52.4 Å². The van der Waals surface area contributed by atoms with Gasteiger partial charge in [0.15, 0.2) is 0 Å². The van der Waals surface area contributed by atoms with E-state index in [0.29, 0.717) is 6.04 Å². The van der Waals surface area contributed by atoms with Gasteiger partial charge in [0.1, 0.15) is 0 Å². The van der Waals surface area contributed by atoms with E-state index in [1.807, 2.05) is 0 Å². The van der Waals surface area contributed by atoms with Crippen molar-refractivity contribution in [1.29, 1.82) is 0 Å². The summed E-state index contributed by atoms with van der Waals surface area (Å²) in [6.45, 7) is 7.38. The Morgan fingerprint density at radius 1 is 1.04 bits per heavy atom. The van der Waals surface area contributed by atoms with Gasteiger partial charge in [-0.15, -0.1) is 0 Å². The smallest absolute Gasteiger partial charge is 0.237 e. The number of likely N-dealkylation sites (tertiary alicyclic amines) is 2. The zero-order chi connectivity index (χ0) is 17.5. The first-order chi connectivity index (χ1) is 12.2. The number of rotatable bonds is 5. The molecule has 0 bridgehead atoms. The number of nitrogens with zero attached hydrogens (tertiary/aromatic N) is 2. The van der Waals surface area contributed by atoms with Crippen LogP contribution in [0.1, 0.15) is 51.0 Å². The molecule has 4 heteroatoms. The number of hydrogen-bond acceptors (Lipinski definition) is 3. The molecule has 138 valence electrons. The van der Waals surface area contributed by atoms with Crippen LogP contribution in [0.15, 0.2) is 30.3 Å². The van der Waals surface area contributed by atoms with E-state index >= 15 is 0 Å². The molecule has 25 heavy (non-hydrogen) atoms.